The zero-order valence-electron chi connectivity index (χ0n) is 14.4. The molecule has 0 atom stereocenters. The maximum Gasteiger partial charge on any atom is 0.254 e. The second-order valence-corrected chi connectivity index (χ2v) is 5.89. The molecule has 0 fully saturated rings. The summed E-state index contributed by atoms with van der Waals surface area (Å²) in [6.45, 7) is 3.45. The first-order valence-electron chi connectivity index (χ1n) is 8.10. The minimum absolute atomic E-state index is 0.125. The predicted octanol–water partition coefficient (Wildman–Crippen LogP) is 2.28. The highest BCUT2D eigenvalue weighted by Crippen LogP contribution is 2.15. The van der Waals surface area contributed by atoms with Crippen molar-refractivity contribution in [3.63, 3.8) is 0 Å². The third-order valence-electron chi connectivity index (χ3n) is 3.91. The van der Waals surface area contributed by atoms with Gasteiger partial charge in [-0.1, -0.05) is 12.1 Å². The molecule has 2 heterocycles. The number of aromatic amines is 1. The van der Waals surface area contributed by atoms with Gasteiger partial charge in [0.05, 0.1) is 18.1 Å². The Balaban J connectivity index is 1.65. The number of halogens is 1. The molecule has 2 N–H and O–H groups in total. The van der Waals surface area contributed by atoms with Crippen LogP contribution in [-0.4, -0.2) is 25.7 Å². The number of rotatable bonds is 5. The average molecular weight is 355 g/mol. The highest BCUT2D eigenvalue weighted by molar-refractivity contribution is 5.90. The number of H-pyrrole nitrogens is 1. The standard InChI is InChI=1S/C18H18FN5O2/c1-11-14(18(26)22-12(2)21-11)7-8-17(25)23-13-9-20-24(10-13)16-6-4-3-5-15(16)19/h3-6,9-10H,7-8H2,1-2H3,(H,23,25)(H,21,22,26). The molecule has 0 saturated carbocycles. The molecule has 0 saturated heterocycles. The van der Waals surface area contributed by atoms with Gasteiger partial charge in [-0.25, -0.2) is 14.1 Å². The first-order chi connectivity index (χ1) is 12.4. The highest BCUT2D eigenvalue weighted by Gasteiger charge is 2.11. The Bertz CT molecular complexity index is 1010. The number of benzene rings is 1. The van der Waals surface area contributed by atoms with E-state index in [2.05, 4.69) is 20.4 Å². The number of hydrogen-bond acceptors (Lipinski definition) is 4. The fraction of sp³-hybridized carbons (Fsp3) is 0.222. The van der Waals surface area contributed by atoms with Crippen LogP contribution in [0.4, 0.5) is 10.1 Å². The number of para-hydroxylation sites is 1. The number of amides is 1. The zero-order chi connectivity index (χ0) is 18.7. The fourth-order valence-corrected chi connectivity index (χ4v) is 2.66. The summed E-state index contributed by atoms with van der Waals surface area (Å²) in [5.74, 6) is -0.131. The van der Waals surface area contributed by atoms with Crippen LogP contribution in [0.1, 0.15) is 23.5 Å². The first-order valence-corrected chi connectivity index (χ1v) is 8.10. The molecule has 1 aromatic carbocycles. The van der Waals surface area contributed by atoms with E-state index in [9.17, 15) is 14.0 Å². The van der Waals surface area contributed by atoms with Gasteiger partial charge in [0, 0.05) is 17.7 Å². The van der Waals surface area contributed by atoms with Gasteiger partial charge < -0.3 is 10.3 Å². The minimum atomic E-state index is -0.407. The van der Waals surface area contributed by atoms with Gasteiger partial charge in [0.15, 0.2) is 0 Å². The Kier molecular flexibility index (Phi) is 4.92. The summed E-state index contributed by atoms with van der Waals surface area (Å²) in [6, 6.07) is 6.22. The number of nitrogens with zero attached hydrogens (tertiary/aromatic N) is 3. The lowest BCUT2D eigenvalue weighted by molar-refractivity contribution is -0.116. The molecule has 8 heteroatoms. The maximum atomic E-state index is 13.8. The number of aromatic nitrogens is 4. The van der Waals surface area contributed by atoms with Crippen LogP contribution in [0.3, 0.4) is 0 Å². The van der Waals surface area contributed by atoms with Crippen LogP contribution in [0.5, 0.6) is 0 Å². The van der Waals surface area contributed by atoms with Crippen molar-refractivity contribution in [1.29, 1.82) is 0 Å². The molecule has 0 radical (unpaired) electrons. The number of aryl methyl sites for hydroxylation is 2. The van der Waals surface area contributed by atoms with E-state index in [0.29, 0.717) is 28.5 Å². The van der Waals surface area contributed by atoms with Crippen LogP contribution >= 0.6 is 0 Å². The molecular weight excluding hydrogens is 337 g/mol. The number of carbonyl (C=O) groups excluding carboxylic acids is 1. The zero-order valence-corrected chi connectivity index (χ0v) is 14.4. The van der Waals surface area contributed by atoms with Gasteiger partial charge in [-0.2, -0.15) is 5.10 Å². The van der Waals surface area contributed by atoms with Crippen molar-refractivity contribution in [1.82, 2.24) is 19.7 Å². The third kappa shape index (κ3) is 3.85. The third-order valence-corrected chi connectivity index (χ3v) is 3.91. The number of hydrogen-bond donors (Lipinski definition) is 2. The smallest absolute Gasteiger partial charge is 0.254 e. The molecular formula is C18H18FN5O2. The van der Waals surface area contributed by atoms with E-state index in [1.165, 1.54) is 23.1 Å². The van der Waals surface area contributed by atoms with E-state index in [-0.39, 0.29) is 24.3 Å². The molecule has 0 spiro atoms. The summed E-state index contributed by atoms with van der Waals surface area (Å²) in [4.78, 5) is 30.9. The molecule has 1 amide bonds. The average Bonchev–Trinajstić information content (AvgIpc) is 3.02. The summed E-state index contributed by atoms with van der Waals surface area (Å²) >= 11 is 0. The summed E-state index contributed by atoms with van der Waals surface area (Å²) in [5.41, 5.74) is 1.63. The molecule has 0 aliphatic heterocycles. The van der Waals surface area contributed by atoms with Crippen molar-refractivity contribution in [2.45, 2.75) is 26.7 Å². The van der Waals surface area contributed by atoms with E-state index >= 15 is 0 Å². The number of carbonyl (C=O) groups is 1. The molecule has 134 valence electrons. The summed E-state index contributed by atoms with van der Waals surface area (Å²) < 4.78 is 15.1. The van der Waals surface area contributed by atoms with Crippen molar-refractivity contribution in [3.05, 3.63) is 69.9 Å². The van der Waals surface area contributed by atoms with E-state index in [4.69, 9.17) is 0 Å². The lowest BCUT2D eigenvalue weighted by Gasteiger charge is -2.05. The van der Waals surface area contributed by atoms with Gasteiger partial charge in [0.1, 0.15) is 17.3 Å². The predicted molar refractivity (Wildman–Crippen MR) is 94.8 cm³/mol. The second-order valence-electron chi connectivity index (χ2n) is 5.89. The number of nitrogens with one attached hydrogen (secondary N) is 2. The van der Waals surface area contributed by atoms with Crippen molar-refractivity contribution in [2.75, 3.05) is 5.32 Å². The van der Waals surface area contributed by atoms with Gasteiger partial charge in [0.2, 0.25) is 5.91 Å². The van der Waals surface area contributed by atoms with Crippen LogP contribution < -0.4 is 10.9 Å². The topological polar surface area (TPSA) is 92.7 Å². The first kappa shape index (κ1) is 17.5. The van der Waals surface area contributed by atoms with Gasteiger partial charge in [-0.3, -0.25) is 9.59 Å². The fourth-order valence-electron chi connectivity index (χ4n) is 2.66. The van der Waals surface area contributed by atoms with Gasteiger partial charge in [-0.05, 0) is 32.4 Å². The summed E-state index contributed by atoms with van der Waals surface area (Å²) in [7, 11) is 0. The summed E-state index contributed by atoms with van der Waals surface area (Å²) in [6.07, 6.45) is 3.37. The molecule has 0 aliphatic carbocycles. The Morgan fingerprint density at radius 3 is 2.81 bits per heavy atom. The van der Waals surface area contributed by atoms with Crippen molar-refractivity contribution >= 4 is 11.6 Å². The molecule has 2 aromatic heterocycles. The van der Waals surface area contributed by atoms with Gasteiger partial charge in [-0.15, -0.1) is 0 Å². The van der Waals surface area contributed by atoms with Crippen molar-refractivity contribution < 1.29 is 9.18 Å². The van der Waals surface area contributed by atoms with E-state index in [0.717, 1.165) is 0 Å². The van der Waals surface area contributed by atoms with Gasteiger partial charge in [0.25, 0.3) is 5.56 Å². The lowest BCUT2D eigenvalue weighted by Crippen LogP contribution is -2.20. The Labute approximate surface area is 148 Å². The molecule has 0 unspecified atom stereocenters. The Hall–Kier alpha value is -3.29. The highest BCUT2D eigenvalue weighted by atomic mass is 19.1. The van der Waals surface area contributed by atoms with Crippen LogP contribution in [0, 0.1) is 19.7 Å². The Morgan fingerprint density at radius 1 is 1.31 bits per heavy atom. The molecule has 3 rings (SSSR count). The van der Waals surface area contributed by atoms with Crippen molar-refractivity contribution in [3.8, 4) is 5.69 Å². The van der Waals surface area contributed by atoms with Crippen LogP contribution in [-0.2, 0) is 11.2 Å². The van der Waals surface area contributed by atoms with E-state index in [1.54, 1.807) is 32.0 Å². The minimum Gasteiger partial charge on any atom is -0.323 e. The molecule has 0 bridgehead atoms. The quantitative estimate of drug-likeness (QED) is 0.734. The van der Waals surface area contributed by atoms with Crippen LogP contribution in [0.25, 0.3) is 5.69 Å². The largest absolute Gasteiger partial charge is 0.323 e. The van der Waals surface area contributed by atoms with Crippen LogP contribution in [0.2, 0.25) is 0 Å². The van der Waals surface area contributed by atoms with Crippen LogP contribution in [0.15, 0.2) is 41.5 Å². The van der Waals surface area contributed by atoms with E-state index in [1.807, 2.05) is 0 Å². The SMILES string of the molecule is Cc1nc(C)c(CCC(=O)Nc2cnn(-c3ccccc3F)c2)c(=O)[nH]1. The van der Waals surface area contributed by atoms with Crippen molar-refractivity contribution in [2.24, 2.45) is 0 Å². The molecule has 7 nitrogen and oxygen atoms in total. The summed E-state index contributed by atoms with van der Waals surface area (Å²) in [5, 5.41) is 6.75. The second kappa shape index (κ2) is 7.30. The molecule has 0 aliphatic rings. The Morgan fingerprint density at radius 2 is 2.08 bits per heavy atom. The monoisotopic (exact) mass is 355 g/mol. The van der Waals surface area contributed by atoms with Gasteiger partial charge >= 0.3 is 0 Å². The van der Waals surface area contributed by atoms with E-state index < -0.39 is 5.82 Å². The normalized spacial score (nSPS) is 10.7. The number of anilines is 1. The lowest BCUT2D eigenvalue weighted by atomic mass is 10.1. The molecule has 3 aromatic rings. The molecule has 26 heavy (non-hydrogen) atoms. The maximum absolute atomic E-state index is 13.8.